The van der Waals surface area contributed by atoms with Crippen molar-refractivity contribution in [1.29, 1.82) is 0 Å². The fraction of sp³-hybridized carbons (Fsp3) is 0.769. The van der Waals surface area contributed by atoms with Gasteiger partial charge in [0.05, 0.1) is 12.6 Å². The Kier molecular flexibility index (Phi) is 6.03. The molecule has 1 aliphatic rings. The Morgan fingerprint density at radius 2 is 2.35 bits per heavy atom. The number of terminal acetylenes is 1. The van der Waals surface area contributed by atoms with Crippen LogP contribution in [0.2, 0.25) is 0 Å². The van der Waals surface area contributed by atoms with Crippen molar-refractivity contribution in [1.82, 2.24) is 15.5 Å². The predicted molar refractivity (Wildman–Crippen MR) is 69.6 cm³/mol. The molecule has 4 heteroatoms. The predicted octanol–water partition coefficient (Wildman–Crippen LogP) is 0.198. The van der Waals surface area contributed by atoms with Crippen LogP contribution >= 0.6 is 0 Å². The van der Waals surface area contributed by atoms with Crippen molar-refractivity contribution < 1.29 is 4.79 Å². The maximum absolute atomic E-state index is 11.8. The summed E-state index contributed by atoms with van der Waals surface area (Å²) in [6.45, 7) is 4.36. The first-order valence-corrected chi connectivity index (χ1v) is 6.30. The SMILES string of the molecule is C#CCNC(=O)C(C)N(C)C1CCCNCC1. The van der Waals surface area contributed by atoms with Crippen LogP contribution in [0.3, 0.4) is 0 Å². The minimum absolute atomic E-state index is 0.0163. The third kappa shape index (κ3) is 4.37. The first-order valence-electron chi connectivity index (χ1n) is 6.30. The Morgan fingerprint density at radius 1 is 1.59 bits per heavy atom. The van der Waals surface area contributed by atoms with E-state index in [2.05, 4.69) is 21.5 Å². The second-order valence-electron chi connectivity index (χ2n) is 4.60. The molecule has 0 aromatic heterocycles. The fourth-order valence-electron chi connectivity index (χ4n) is 2.19. The molecule has 0 spiro atoms. The van der Waals surface area contributed by atoms with Gasteiger partial charge >= 0.3 is 0 Å². The van der Waals surface area contributed by atoms with Crippen LogP contribution in [-0.2, 0) is 4.79 Å². The number of nitrogens with zero attached hydrogens (tertiary/aromatic N) is 1. The first kappa shape index (κ1) is 14.0. The Morgan fingerprint density at radius 3 is 3.06 bits per heavy atom. The molecule has 0 bridgehead atoms. The van der Waals surface area contributed by atoms with Crippen molar-refractivity contribution in [2.24, 2.45) is 0 Å². The number of hydrogen-bond donors (Lipinski definition) is 2. The van der Waals surface area contributed by atoms with E-state index in [1.807, 2.05) is 14.0 Å². The van der Waals surface area contributed by atoms with E-state index >= 15 is 0 Å². The van der Waals surface area contributed by atoms with Crippen molar-refractivity contribution >= 4 is 5.91 Å². The van der Waals surface area contributed by atoms with Gasteiger partial charge in [0, 0.05) is 6.04 Å². The smallest absolute Gasteiger partial charge is 0.237 e. The highest BCUT2D eigenvalue weighted by Crippen LogP contribution is 2.14. The quantitative estimate of drug-likeness (QED) is 0.687. The third-order valence-corrected chi connectivity index (χ3v) is 3.48. The zero-order valence-corrected chi connectivity index (χ0v) is 10.8. The number of likely N-dealkylation sites (N-methyl/N-ethyl adjacent to an activating group) is 1. The summed E-state index contributed by atoms with van der Waals surface area (Å²) in [5.41, 5.74) is 0. The van der Waals surface area contributed by atoms with E-state index in [0.717, 1.165) is 25.9 Å². The number of nitrogens with one attached hydrogen (secondary N) is 2. The zero-order chi connectivity index (χ0) is 12.7. The summed E-state index contributed by atoms with van der Waals surface area (Å²) in [5, 5.41) is 6.12. The van der Waals surface area contributed by atoms with Gasteiger partial charge in [0.25, 0.3) is 0 Å². The topological polar surface area (TPSA) is 44.4 Å². The van der Waals surface area contributed by atoms with E-state index in [1.54, 1.807) is 0 Å². The summed E-state index contributed by atoms with van der Waals surface area (Å²) in [4.78, 5) is 14.0. The molecular weight excluding hydrogens is 214 g/mol. The lowest BCUT2D eigenvalue weighted by molar-refractivity contribution is -0.126. The van der Waals surface area contributed by atoms with Gasteiger partial charge in [0.1, 0.15) is 0 Å². The molecule has 17 heavy (non-hydrogen) atoms. The summed E-state index contributed by atoms with van der Waals surface area (Å²) in [5.74, 6) is 2.44. The molecule has 0 aromatic rings. The molecule has 0 radical (unpaired) electrons. The Labute approximate surface area is 104 Å². The van der Waals surface area contributed by atoms with Gasteiger partial charge < -0.3 is 10.6 Å². The van der Waals surface area contributed by atoms with Gasteiger partial charge in [-0.2, -0.15) is 0 Å². The normalized spacial score (nSPS) is 22.6. The number of amides is 1. The molecule has 0 saturated carbocycles. The standard InChI is InChI=1S/C13H23N3O/c1-4-8-15-13(17)11(2)16(3)12-6-5-9-14-10-7-12/h1,11-12,14H,5-10H2,2-3H3,(H,15,17). The average Bonchev–Trinajstić information content (AvgIpc) is 2.62. The third-order valence-electron chi connectivity index (χ3n) is 3.48. The van der Waals surface area contributed by atoms with Crippen molar-refractivity contribution in [3.63, 3.8) is 0 Å². The molecule has 1 rings (SSSR count). The highest BCUT2D eigenvalue weighted by Gasteiger charge is 2.24. The summed E-state index contributed by atoms with van der Waals surface area (Å²) < 4.78 is 0. The Hall–Kier alpha value is -1.05. The maximum Gasteiger partial charge on any atom is 0.237 e. The summed E-state index contributed by atoms with van der Waals surface area (Å²) in [6.07, 6.45) is 8.55. The summed E-state index contributed by atoms with van der Waals surface area (Å²) >= 11 is 0. The van der Waals surface area contributed by atoms with Crippen LogP contribution in [0.5, 0.6) is 0 Å². The van der Waals surface area contributed by atoms with Crippen LogP contribution in [0.4, 0.5) is 0 Å². The summed E-state index contributed by atoms with van der Waals surface area (Å²) in [7, 11) is 2.02. The van der Waals surface area contributed by atoms with Crippen molar-refractivity contribution in [3.8, 4) is 12.3 Å². The fourth-order valence-corrected chi connectivity index (χ4v) is 2.19. The largest absolute Gasteiger partial charge is 0.344 e. The van der Waals surface area contributed by atoms with Crippen LogP contribution in [0.15, 0.2) is 0 Å². The molecule has 1 saturated heterocycles. The van der Waals surface area contributed by atoms with Gasteiger partial charge in [-0.25, -0.2) is 0 Å². The molecule has 1 heterocycles. The molecule has 0 aliphatic carbocycles. The van der Waals surface area contributed by atoms with Crippen molar-refractivity contribution in [2.45, 2.75) is 38.3 Å². The lowest BCUT2D eigenvalue weighted by Crippen LogP contribution is -2.48. The molecule has 2 N–H and O–H groups in total. The van der Waals surface area contributed by atoms with Gasteiger partial charge in [0.2, 0.25) is 5.91 Å². The van der Waals surface area contributed by atoms with E-state index in [9.17, 15) is 4.79 Å². The second-order valence-corrected chi connectivity index (χ2v) is 4.60. The van der Waals surface area contributed by atoms with E-state index in [0.29, 0.717) is 12.6 Å². The molecule has 1 aliphatic heterocycles. The molecule has 0 aromatic carbocycles. The van der Waals surface area contributed by atoms with Gasteiger partial charge in [-0.3, -0.25) is 9.69 Å². The average molecular weight is 237 g/mol. The molecule has 2 atom stereocenters. The van der Waals surface area contributed by atoms with E-state index in [4.69, 9.17) is 6.42 Å². The van der Waals surface area contributed by atoms with Crippen LogP contribution in [-0.4, -0.2) is 49.6 Å². The van der Waals surface area contributed by atoms with Crippen molar-refractivity contribution in [3.05, 3.63) is 0 Å². The van der Waals surface area contributed by atoms with E-state index in [-0.39, 0.29) is 11.9 Å². The van der Waals surface area contributed by atoms with E-state index < -0.39 is 0 Å². The lowest BCUT2D eigenvalue weighted by Gasteiger charge is -2.31. The monoisotopic (exact) mass is 237 g/mol. The Balaban J connectivity index is 2.46. The molecule has 2 unspecified atom stereocenters. The number of rotatable bonds is 4. The van der Waals surface area contributed by atoms with Crippen LogP contribution in [0.25, 0.3) is 0 Å². The van der Waals surface area contributed by atoms with Gasteiger partial charge in [-0.1, -0.05) is 5.92 Å². The molecular formula is C13H23N3O. The van der Waals surface area contributed by atoms with Gasteiger partial charge in [0.15, 0.2) is 0 Å². The molecule has 1 fully saturated rings. The lowest BCUT2D eigenvalue weighted by atomic mass is 10.1. The molecule has 1 amide bonds. The Bertz CT molecular complexity index is 277. The van der Waals surface area contributed by atoms with Crippen LogP contribution in [0.1, 0.15) is 26.2 Å². The maximum atomic E-state index is 11.8. The minimum Gasteiger partial charge on any atom is -0.344 e. The number of carbonyl (C=O) groups excluding carboxylic acids is 1. The minimum atomic E-state index is -0.119. The highest BCUT2D eigenvalue weighted by atomic mass is 16.2. The molecule has 4 nitrogen and oxygen atoms in total. The van der Waals surface area contributed by atoms with E-state index in [1.165, 1.54) is 6.42 Å². The van der Waals surface area contributed by atoms with Gasteiger partial charge in [-0.15, -0.1) is 6.42 Å². The summed E-state index contributed by atoms with van der Waals surface area (Å²) in [6, 6.07) is 0.364. The van der Waals surface area contributed by atoms with Crippen LogP contribution in [0, 0.1) is 12.3 Å². The molecule has 96 valence electrons. The zero-order valence-electron chi connectivity index (χ0n) is 10.8. The van der Waals surface area contributed by atoms with Gasteiger partial charge in [-0.05, 0) is 46.3 Å². The second kappa shape index (κ2) is 7.31. The van der Waals surface area contributed by atoms with Crippen LogP contribution < -0.4 is 10.6 Å². The first-order chi connectivity index (χ1) is 8.16. The highest BCUT2D eigenvalue weighted by molar-refractivity contribution is 5.81. The van der Waals surface area contributed by atoms with Crippen molar-refractivity contribution in [2.75, 3.05) is 26.7 Å². The number of hydrogen-bond acceptors (Lipinski definition) is 3. The number of carbonyl (C=O) groups is 1.